The highest BCUT2D eigenvalue weighted by molar-refractivity contribution is 7.80. The summed E-state index contributed by atoms with van der Waals surface area (Å²) >= 11 is 4.33. The largest absolute Gasteiger partial charge is 0.298 e. The molecular formula is C14H28N2S. The lowest BCUT2D eigenvalue weighted by molar-refractivity contribution is 0.0559. The molecule has 0 radical (unpaired) electrons. The van der Waals surface area contributed by atoms with Gasteiger partial charge in [-0.15, -0.1) is 0 Å². The van der Waals surface area contributed by atoms with Gasteiger partial charge in [-0.1, -0.05) is 6.92 Å². The van der Waals surface area contributed by atoms with E-state index in [1.54, 1.807) is 0 Å². The van der Waals surface area contributed by atoms with Crippen LogP contribution in [0.1, 0.15) is 39.5 Å². The summed E-state index contributed by atoms with van der Waals surface area (Å²) in [6.07, 6.45) is 5.45. The molecule has 0 aromatic carbocycles. The van der Waals surface area contributed by atoms with E-state index in [4.69, 9.17) is 0 Å². The van der Waals surface area contributed by atoms with Gasteiger partial charge in [0.1, 0.15) is 0 Å². The van der Waals surface area contributed by atoms with Crippen LogP contribution >= 0.6 is 12.6 Å². The van der Waals surface area contributed by atoms with Crippen LogP contribution in [0.5, 0.6) is 0 Å². The molecule has 3 unspecified atom stereocenters. The molecule has 3 atom stereocenters. The first-order valence-corrected chi connectivity index (χ1v) is 7.93. The van der Waals surface area contributed by atoms with Gasteiger partial charge in [-0.25, -0.2) is 0 Å². The van der Waals surface area contributed by atoms with E-state index in [9.17, 15) is 0 Å². The summed E-state index contributed by atoms with van der Waals surface area (Å²) in [6, 6.07) is 1.62. The Morgan fingerprint density at radius 1 is 1.29 bits per heavy atom. The molecule has 2 aliphatic rings. The van der Waals surface area contributed by atoms with E-state index < -0.39 is 0 Å². The minimum atomic E-state index is 0.757. The first kappa shape index (κ1) is 13.7. The summed E-state index contributed by atoms with van der Waals surface area (Å²) in [5, 5.41) is 0. The second kappa shape index (κ2) is 6.44. The van der Waals surface area contributed by atoms with Crippen LogP contribution in [0.25, 0.3) is 0 Å². The van der Waals surface area contributed by atoms with Crippen LogP contribution in [-0.2, 0) is 0 Å². The third-order valence-electron chi connectivity index (χ3n) is 4.60. The second-order valence-electron chi connectivity index (χ2n) is 6.04. The van der Waals surface area contributed by atoms with Crippen molar-refractivity contribution in [1.29, 1.82) is 0 Å². The molecule has 0 aliphatic carbocycles. The maximum Gasteiger partial charge on any atom is 0.0224 e. The third kappa shape index (κ3) is 3.62. The molecule has 3 heteroatoms. The lowest BCUT2D eigenvalue weighted by Gasteiger charge is -2.42. The highest BCUT2D eigenvalue weighted by Gasteiger charge is 2.33. The number of hydrogen-bond acceptors (Lipinski definition) is 3. The van der Waals surface area contributed by atoms with Crippen molar-refractivity contribution in [3.8, 4) is 0 Å². The monoisotopic (exact) mass is 256 g/mol. The van der Waals surface area contributed by atoms with E-state index in [-0.39, 0.29) is 0 Å². The molecule has 2 fully saturated rings. The number of piperazine rings is 1. The zero-order chi connectivity index (χ0) is 12.3. The maximum absolute atomic E-state index is 4.33. The van der Waals surface area contributed by atoms with E-state index in [2.05, 4.69) is 36.3 Å². The second-order valence-corrected chi connectivity index (χ2v) is 6.49. The zero-order valence-electron chi connectivity index (χ0n) is 11.4. The minimum Gasteiger partial charge on any atom is -0.298 e. The normalized spacial score (nSPS) is 32.6. The van der Waals surface area contributed by atoms with E-state index in [1.807, 2.05) is 0 Å². The topological polar surface area (TPSA) is 6.48 Å². The van der Waals surface area contributed by atoms with Crippen LogP contribution in [0.2, 0.25) is 0 Å². The van der Waals surface area contributed by atoms with Gasteiger partial charge in [-0.05, 0) is 57.4 Å². The van der Waals surface area contributed by atoms with Crippen molar-refractivity contribution in [1.82, 2.24) is 9.80 Å². The average Bonchev–Trinajstić information content (AvgIpc) is 2.73. The van der Waals surface area contributed by atoms with Gasteiger partial charge in [0.2, 0.25) is 0 Å². The van der Waals surface area contributed by atoms with E-state index in [0.29, 0.717) is 0 Å². The fraction of sp³-hybridized carbons (Fsp3) is 1.00. The molecule has 2 aliphatic heterocycles. The van der Waals surface area contributed by atoms with Gasteiger partial charge in [0.05, 0.1) is 0 Å². The van der Waals surface area contributed by atoms with Gasteiger partial charge in [0.15, 0.2) is 0 Å². The number of hydrogen-bond donors (Lipinski definition) is 1. The predicted molar refractivity (Wildman–Crippen MR) is 77.9 cm³/mol. The molecule has 2 heterocycles. The van der Waals surface area contributed by atoms with Crippen LogP contribution in [0.4, 0.5) is 0 Å². The van der Waals surface area contributed by atoms with Crippen molar-refractivity contribution in [2.24, 2.45) is 5.92 Å². The summed E-state index contributed by atoms with van der Waals surface area (Å²) in [5.41, 5.74) is 0. The summed E-state index contributed by atoms with van der Waals surface area (Å²) in [4.78, 5) is 5.43. The molecule has 2 rings (SSSR count). The van der Waals surface area contributed by atoms with E-state index in [0.717, 1.165) is 23.8 Å². The number of rotatable bonds is 5. The zero-order valence-corrected chi connectivity index (χ0v) is 12.3. The van der Waals surface area contributed by atoms with Crippen molar-refractivity contribution >= 4 is 12.6 Å². The van der Waals surface area contributed by atoms with Gasteiger partial charge >= 0.3 is 0 Å². The van der Waals surface area contributed by atoms with Gasteiger partial charge in [0.25, 0.3) is 0 Å². The van der Waals surface area contributed by atoms with Crippen molar-refractivity contribution in [3.05, 3.63) is 0 Å². The summed E-state index contributed by atoms with van der Waals surface area (Å²) in [7, 11) is 0. The van der Waals surface area contributed by atoms with Crippen molar-refractivity contribution < 1.29 is 0 Å². The number of nitrogens with zero attached hydrogens (tertiary/aromatic N) is 2. The fourth-order valence-electron chi connectivity index (χ4n) is 3.31. The molecule has 0 bridgehead atoms. The molecule has 0 aromatic heterocycles. The predicted octanol–water partition coefficient (Wildman–Crippen LogP) is 2.50. The van der Waals surface area contributed by atoms with Crippen LogP contribution in [-0.4, -0.2) is 53.8 Å². The fourth-order valence-corrected chi connectivity index (χ4v) is 3.75. The molecule has 2 saturated heterocycles. The lowest BCUT2D eigenvalue weighted by Crippen LogP contribution is -2.55. The first-order chi connectivity index (χ1) is 8.20. The Kier molecular flexibility index (Phi) is 5.19. The Bertz CT molecular complexity index is 234. The Morgan fingerprint density at radius 2 is 2.12 bits per heavy atom. The van der Waals surface area contributed by atoms with Crippen LogP contribution in [0.15, 0.2) is 0 Å². The Hall–Kier alpha value is 0.270. The summed E-state index contributed by atoms with van der Waals surface area (Å²) in [6.45, 7) is 10.0. The van der Waals surface area contributed by atoms with Gasteiger partial charge in [-0.3, -0.25) is 9.80 Å². The average molecular weight is 256 g/mol. The first-order valence-electron chi connectivity index (χ1n) is 7.29. The van der Waals surface area contributed by atoms with E-state index >= 15 is 0 Å². The van der Waals surface area contributed by atoms with Gasteiger partial charge in [0, 0.05) is 25.2 Å². The summed E-state index contributed by atoms with van der Waals surface area (Å²) < 4.78 is 0. The minimum absolute atomic E-state index is 0.757. The van der Waals surface area contributed by atoms with Crippen LogP contribution in [0, 0.1) is 5.92 Å². The Balaban J connectivity index is 1.76. The highest BCUT2D eigenvalue weighted by Crippen LogP contribution is 2.25. The molecule has 17 heavy (non-hydrogen) atoms. The van der Waals surface area contributed by atoms with Crippen LogP contribution < -0.4 is 0 Å². The molecule has 2 nitrogen and oxygen atoms in total. The number of fused-ring (bicyclic) bond motifs is 1. The highest BCUT2D eigenvalue weighted by atomic mass is 32.1. The summed E-state index contributed by atoms with van der Waals surface area (Å²) in [5.74, 6) is 1.87. The van der Waals surface area contributed by atoms with Crippen LogP contribution in [0.3, 0.4) is 0 Å². The number of thiol groups is 1. The Morgan fingerprint density at radius 3 is 2.88 bits per heavy atom. The smallest absolute Gasteiger partial charge is 0.0224 e. The van der Waals surface area contributed by atoms with Crippen molar-refractivity contribution in [3.63, 3.8) is 0 Å². The standard InChI is InChI=1S/C14H28N2S/c1-12(6-9-17)5-8-15-11-14-4-3-7-16(14)10-13(15)2/h12-14,17H,3-11H2,1-2H3. The third-order valence-corrected chi connectivity index (χ3v) is 4.86. The van der Waals surface area contributed by atoms with Crippen molar-refractivity contribution in [2.75, 3.05) is 31.9 Å². The molecule has 0 amide bonds. The molecule has 0 aromatic rings. The lowest BCUT2D eigenvalue weighted by atomic mass is 10.0. The van der Waals surface area contributed by atoms with Gasteiger partial charge in [-0.2, -0.15) is 12.6 Å². The molecule has 0 spiro atoms. The quantitative estimate of drug-likeness (QED) is 0.755. The SMILES string of the molecule is CC(CCS)CCN1CC2CCCN2CC1C. The Labute approximate surface area is 112 Å². The van der Waals surface area contributed by atoms with E-state index in [1.165, 1.54) is 51.9 Å². The maximum atomic E-state index is 4.33. The molecule has 0 saturated carbocycles. The van der Waals surface area contributed by atoms with Gasteiger partial charge < -0.3 is 0 Å². The molecule has 0 N–H and O–H groups in total. The molecule has 100 valence electrons. The molecular weight excluding hydrogens is 228 g/mol. The van der Waals surface area contributed by atoms with Crippen molar-refractivity contribution in [2.45, 2.75) is 51.6 Å².